The number of imidazole rings is 2. The minimum atomic E-state index is -5.02. The smallest absolute Gasteiger partial charge is 0.497 e. The largest absolute Gasteiger partial charge is 0.551 e. The maximum Gasteiger partial charge on any atom is 0.551 e. The molecule has 66 heteroatoms. The van der Waals surface area contributed by atoms with Crippen LogP contribution in [0.3, 0.4) is 0 Å². The number of amides is 2. The first-order valence-corrected chi connectivity index (χ1v) is 57.9. The SMILES string of the molecule is COc1ccc(C(OC[C@H]2O[C@@H](n3cc(C)c(=O)[nH]c3=O)CC2OP(=O)(OC)OC[C@H]2O[C@@H](n3cnc4c(=O)[nH]c(N)nc43)CC2OP(=O)(OC)OC[C@H]2O[C@@H](n3cnc4c(N)ncnc43)CC2OP(=O)(OC)OC[C@H]2O[C@@H](n3ccc(N)nc3=O)CC2O)(c2ccccc2)c2ccc(OCNC(=O)NCC[Si]3O[Si]O[Si]4O[Si]5O[Si]O[Si](CCN)O[Si](CCN)(O5)O[Si](CCN)(O3)O4)cc2)cc1. The predicted molar refractivity (Wildman–Crippen MR) is 485 cm³/mol. The van der Waals surface area contributed by atoms with E-state index >= 15 is 9.13 Å². The highest BCUT2D eigenvalue weighted by Gasteiger charge is 2.63. The normalized spacial score (nSPS) is 27.0. The molecule has 17 N–H and O–H groups in total. The van der Waals surface area contributed by atoms with Crippen LogP contribution in [0.1, 0.15) is 72.8 Å². The molecule has 8 radical (unpaired) electrons. The molecule has 7 saturated heterocycles. The number of phosphoric ester groups is 3. The minimum Gasteiger partial charge on any atom is -0.497 e. The maximum absolute atomic E-state index is 15.7. The number of carbonyl (C=O) groups excluding carboxylic acids is 1. The van der Waals surface area contributed by atoms with E-state index in [2.05, 4.69) is 50.5 Å². The van der Waals surface area contributed by atoms with Gasteiger partial charge in [0.25, 0.3) is 11.1 Å². The van der Waals surface area contributed by atoms with E-state index in [0.29, 0.717) is 34.2 Å². The summed E-state index contributed by atoms with van der Waals surface area (Å²) in [6, 6.07) is 24.5. The van der Waals surface area contributed by atoms with Crippen molar-refractivity contribution in [3.63, 3.8) is 0 Å². The van der Waals surface area contributed by atoms with Crippen LogP contribution in [-0.4, -0.2) is 281 Å². The third kappa shape index (κ3) is 23.8. The molecule has 0 aliphatic carbocycles. The van der Waals surface area contributed by atoms with Crippen molar-refractivity contribution < 1.29 is 139 Å². The van der Waals surface area contributed by atoms with Gasteiger partial charge >= 0.3 is 116 Å². The first kappa shape index (κ1) is 103. The Bertz CT molecular complexity index is 6120. The number of aryl methyl sites for hydroxylation is 1. The number of phosphoric acid groups is 3. The number of fused-ring (bicyclic) bond motifs is 6. The summed E-state index contributed by atoms with van der Waals surface area (Å²) in [5, 5.41) is 16.6. The molecular weight excluding hydrogens is 2020 g/mol. The zero-order valence-corrected chi connectivity index (χ0v) is 84.7. The van der Waals surface area contributed by atoms with Crippen LogP contribution in [-0.2, 0) is 125 Å². The first-order chi connectivity index (χ1) is 66.5. The number of rotatable bonds is 41. The fourth-order valence-electron chi connectivity index (χ4n) is 15.6. The van der Waals surface area contributed by atoms with E-state index in [0.717, 1.165) is 30.5 Å². The van der Waals surface area contributed by atoms with Crippen LogP contribution < -0.4 is 77.0 Å². The number of nitrogen functional groups attached to an aromatic ring is 3. The number of carbonyl (C=O) groups is 1. The van der Waals surface area contributed by atoms with Crippen LogP contribution in [0, 0.1) is 6.92 Å². The van der Waals surface area contributed by atoms with Gasteiger partial charge in [-0.2, -0.15) is 9.97 Å². The van der Waals surface area contributed by atoms with E-state index in [1.165, 1.54) is 60.6 Å². The third-order valence-corrected chi connectivity index (χ3v) is 46.2. The molecule has 10 unspecified atom stereocenters. The van der Waals surface area contributed by atoms with Crippen molar-refractivity contribution >= 4 is 145 Å². The number of aliphatic hydroxyl groups is 1. The van der Waals surface area contributed by atoms with E-state index in [-0.39, 0.29) is 122 Å². The molecule has 138 heavy (non-hydrogen) atoms. The summed E-state index contributed by atoms with van der Waals surface area (Å²) in [7, 11) is -28.7. The van der Waals surface area contributed by atoms with Gasteiger partial charge in [0.05, 0.1) is 52.3 Å². The Labute approximate surface area is 797 Å². The topological polar surface area (TPSA) is 706 Å². The number of nitrogens with zero attached hydrogens (tertiary/aromatic N) is 10. The van der Waals surface area contributed by atoms with Crippen LogP contribution in [0.25, 0.3) is 22.3 Å². The molecule has 9 aromatic rings. The van der Waals surface area contributed by atoms with E-state index in [4.69, 9.17) is 149 Å². The van der Waals surface area contributed by atoms with Gasteiger partial charge in [0, 0.05) is 95.7 Å². The van der Waals surface area contributed by atoms with Gasteiger partial charge in [-0.1, -0.05) is 54.6 Å². The quantitative estimate of drug-likeness (QED) is 0.0107. The fraction of sp³-hybridized carbons (Fsp3) is 0.486. The molecule has 18 atom stereocenters. The van der Waals surface area contributed by atoms with Gasteiger partial charge in [0.15, 0.2) is 29.4 Å². The molecule has 742 valence electrons. The minimum absolute atomic E-state index is 0.0309. The van der Waals surface area contributed by atoms with Gasteiger partial charge in [-0.05, 0) is 73.6 Å². The van der Waals surface area contributed by atoms with Crippen molar-refractivity contribution in [3.05, 3.63) is 180 Å². The van der Waals surface area contributed by atoms with E-state index in [9.17, 15) is 33.6 Å². The summed E-state index contributed by atoms with van der Waals surface area (Å²) >= 11 is 0. The lowest BCUT2D eigenvalue weighted by Gasteiger charge is -2.45. The number of anilines is 3. The molecule has 3 aromatic carbocycles. The molecule has 0 saturated carbocycles. The number of nitrogens with two attached hydrogens (primary N) is 6. The Morgan fingerprint density at radius 2 is 1.11 bits per heavy atom. The summed E-state index contributed by atoms with van der Waals surface area (Å²) in [5.74, 6) is 0.489. The van der Waals surface area contributed by atoms with Crippen molar-refractivity contribution in [3.8, 4) is 11.5 Å². The van der Waals surface area contributed by atoms with Crippen LogP contribution in [0.4, 0.5) is 22.4 Å². The van der Waals surface area contributed by atoms with Crippen LogP contribution in [0.15, 0.2) is 135 Å². The zero-order valence-electron chi connectivity index (χ0n) is 74.0. The summed E-state index contributed by atoms with van der Waals surface area (Å²) < 4.78 is 213. The number of aliphatic hydroxyl groups excluding tert-OH is 1. The Morgan fingerprint density at radius 1 is 0.580 bits per heavy atom. The highest BCUT2D eigenvalue weighted by atomic mass is 31.2. The Hall–Kier alpha value is -8.30. The number of nitrogens with one attached hydrogen (secondary N) is 4. The van der Waals surface area contributed by atoms with Crippen molar-refractivity contribution in [2.75, 3.05) is 105 Å². The van der Waals surface area contributed by atoms with Crippen molar-refractivity contribution in [1.82, 2.24) is 68.8 Å². The maximum atomic E-state index is 15.7. The third-order valence-electron chi connectivity index (χ3n) is 22.3. The monoisotopic (exact) mass is 2120 g/mol. The van der Waals surface area contributed by atoms with Gasteiger partial charge in [-0.15, -0.1) is 0 Å². The Balaban J connectivity index is 0.624. The number of benzene rings is 3. The van der Waals surface area contributed by atoms with Gasteiger partial charge in [-0.3, -0.25) is 78.5 Å². The van der Waals surface area contributed by atoms with E-state index < -0.39 is 233 Å². The Morgan fingerprint density at radius 3 is 1.67 bits per heavy atom. The van der Waals surface area contributed by atoms with E-state index in [1.807, 2.05) is 18.2 Å². The van der Waals surface area contributed by atoms with Crippen LogP contribution in [0.5, 0.6) is 11.5 Å². The van der Waals surface area contributed by atoms with Gasteiger partial charge in [0.2, 0.25) is 5.95 Å². The molecule has 7 aliphatic rings. The number of urea groups is 1. The van der Waals surface area contributed by atoms with Crippen molar-refractivity contribution in [2.24, 2.45) is 17.2 Å². The molecule has 7 fully saturated rings. The standard InChI is InChI=1S/C72H97N20O35P3Si8/c1-42-33-90(71(98)88-66(42)94)58-30-49(53(112-58)34-107-72(43-9-7-6-8-10-43,44-11-15-46(102-2)16-12-44)45-13-17-47(18-14-45)106-41-84-69(96)79-23-26-134-119-132-121-136-122-135-120-131-118-133(25-20-73)123-137(125-135,27-21-74)127-138(124-134,126-136)28-22-75)115-129(100,104-4)109-37-55-51(32-60(114-55)92-40-83-62-65(92)86-68(78)87-67(62)95)117-130(101,105-5)110-36-54-50(31-59(113-54)91-39-82-61-63(77)80-38-81-64(61)91)116-128(99,103-3)108-35-52-48(93)29-57(111-52)89-24-19-56(76)85-70(89)97/h6-19,24,33,38-40,48-55,57-60,93H,20-23,25-32,34-37,41,73-75H2,1-5H3,(H2,76,85,97)(H2,77,80,81)(H2,79,84,96)(H,88,94,98)(H3,78,86,87,95)/t48?,49?,50?,51?,52-,53-,54-,55-,57-,58-,59-,60-,72?,128?,129?,130?,137?,138?/m1/s1. The highest BCUT2D eigenvalue weighted by molar-refractivity contribution is 7.49. The summed E-state index contributed by atoms with van der Waals surface area (Å²) in [6.07, 6.45) is -10.0. The molecule has 6 aromatic heterocycles. The predicted octanol–water partition coefficient (Wildman–Crippen LogP) is 0.430. The summed E-state index contributed by atoms with van der Waals surface area (Å²) in [5.41, 5.74) is 33.5. The number of ether oxygens (including phenoxy) is 7. The second-order valence-electron chi connectivity index (χ2n) is 31.1. The molecule has 55 nitrogen and oxygen atoms in total. The summed E-state index contributed by atoms with van der Waals surface area (Å²) in [6.45, 7) is -1.01. The Kier molecular flexibility index (Phi) is 33.5. The highest BCUT2D eigenvalue weighted by Crippen LogP contribution is 2.58. The second-order valence-corrected chi connectivity index (χ2v) is 52.0. The first-order valence-electron chi connectivity index (χ1n) is 42.5. The number of aromatic nitrogens is 12. The van der Waals surface area contributed by atoms with Gasteiger partial charge in [-0.25, -0.2) is 48.0 Å². The zero-order chi connectivity index (χ0) is 97.3. The number of hydrogen-bond donors (Lipinski definition) is 11. The van der Waals surface area contributed by atoms with Crippen LogP contribution in [0.2, 0.25) is 24.2 Å². The molecule has 2 amide bonds. The lowest BCUT2D eigenvalue weighted by molar-refractivity contribution is -0.0956. The van der Waals surface area contributed by atoms with Crippen molar-refractivity contribution in [2.45, 2.75) is 136 Å². The number of methoxy groups -OCH3 is 1. The molecular formula is C72H97N20O35P3Si8. The van der Waals surface area contributed by atoms with Crippen LogP contribution >= 0.6 is 23.5 Å². The molecule has 7 aliphatic heterocycles. The van der Waals surface area contributed by atoms with Gasteiger partial charge in [0.1, 0.15) is 102 Å². The average molecular weight is 2120 g/mol. The number of aromatic amines is 2. The average Bonchev–Trinajstić information content (AvgIpc) is 0.859. The lowest BCUT2D eigenvalue weighted by Crippen LogP contribution is -2.70. The second kappa shape index (κ2) is 45.1. The molecule has 16 rings (SSSR count). The molecule has 13 heterocycles. The number of hydrogen-bond acceptors (Lipinski definition) is 47. The lowest BCUT2D eigenvalue weighted by atomic mass is 9.80. The molecule has 4 bridgehead atoms. The molecule has 0 spiro atoms. The fourth-order valence-corrected chi connectivity index (χ4v) is 41.6. The van der Waals surface area contributed by atoms with Crippen molar-refractivity contribution in [1.29, 1.82) is 0 Å². The van der Waals surface area contributed by atoms with Gasteiger partial charge < -0.3 is 124 Å². The number of H-pyrrole nitrogens is 2. The summed E-state index contributed by atoms with van der Waals surface area (Å²) in [4.78, 5) is 96.1. The van der Waals surface area contributed by atoms with E-state index in [1.54, 1.807) is 60.7 Å².